The minimum Gasteiger partial charge on any atom is -0.269 e. The fourth-order valence-electron chi connectivity index (χ4n) is 0. The summed E-state index contributed by atoms with van der Waals surface area (Å²) in [6, 6.07) is 0. The Morgan fingerprint density at radius 1 is 1.14 bits per heavy atom. The third-order valence-electron chi connectivity index (χ3n) is 0. The number of rotatable bonds is 0. The van der Waals surface area contributed by atoms with Crippen molar-refractivity contribution in [2.75, 3.05) is 13.6 Å². The Bertz CT molecular complexity index is 8.90. The molecule has 0 aromatic heterocycles. The van der Waals surface area contributed by atoms with Crippen LogP contribution in [0.25, 0.3) is 0 Å². The van der Waals surface area contributed by atoms with Crippen molar-refractivity contribution < 1.29 is 17.9 Å². The van der Waals surface area contributed by atoms with Gasteiger partial charge in [-0.25, -0.2) is 8.78 Å². The maximum Gasteiger partial charge on any atom is 0.229 e. The monoisotopic (exact) mass is 120 g/mol. The predicted molar refractivity (Wildman–Crippen MR) is 21.2 cm³/mol. The van der Waals surface area contributed by atoms with E-state index in [-0.39, 0.29) is 11.4 Å². The van der Waals surface area contributed by atoms with Crippen molar-refractivity contribution in [1.29, 1.82) is 0 Å². The molecule has 0 N–H and O–H groups in total. The lowest BCUT2D eigenvalue weighted by Crippen LogP contribution is -1.40. The lowest BCUT2D eigenvalue weighted by Gasteiger charge is -1.45. The van der Waals surface area contributed by atoms with E-state index in [4.69, 9.17) is 0 Å². The molecule has 0 aromatic carbocycles. The fourth-order valence-corrected chi connectivity index (χ4v) is 0. The van der Waals surface area contributed by atoms with Crippen molar-refractivity contribution in [1.82, 2.24) is 0 Å². The number of hydrogen-bond acceptors (Lipinski definition) is 0. The zero-order valence-corrected chi connectivity index (χ0v) is 3.96. The maximum absolute atomic E-state index is 10.3. The summed E-state index contributed by atoms with van der Waals surface area (Å²) in [5.41, 5.74) is 0. The second-order valence-corrected chi connectivity index (χ2v) is 0.368. The lowest BCUT2D eigenvalue weighted by atomic mass is 10.9. The Balaban J connectivity index is -0.0000000400. The molecule has 0 saturated heterocycles. The van der Waals surface area contributed by atoms with Crippen LogP contribution < -0.4 is 0 Å². The second kappa shape index (κ2) is 43.1. The summed E-state index contributed by atoms with van der Waals surface area (Å²) in [7, 11) is 0. The number of halogens is 4. The molecule has 0 saturated carbocycles. The molecule has 0 amide bonds. The summed E-state index contributed by atoms with van der Waals surface area (Å²) in [6.45, 7) is -0.542. The molecule has 0 nitrogen and oxygen atoms in total. The van der Waals surface area contributed by atoms with Crippen molar-refractivity contribution in [3.05, 3.63) is 0 Å². The van der Waals surface area contributed by atoms with Crippen molar-refractivity contribution >= 4 is 0 Å². The molecule has 0 aromatic rings. The number of alkyl halides is 3. The van der Waals surface area contributed by atoms with Gasteiger partial charge in [0.05, 0.1) is 6.67 Å². The minimum atomic E-state index is -1.75. The third kappa shape index (κ3) is 1010. The molecule has 0 atom stereocenters. The smallest absolute Gasteiger partial charge is 0.229 e. The predicted octanol–water partition coefficient (Wildman–Crippen LogP) is 2.01. The van der Waals surface area contributed by atoms with Crippen LogP contribution in [0.2, 0.25) is 0 Å². The second-order valence-electron chi connectivity index (χ2n) is 0.368. The average Bonchev–Trinajstić information content (AvgIpc) is 1.39. The van der Waals surface area contributed by atoms with E-state index in [1.165, 1.54) is 6.92 Å². The highest BCUT2D eigenvalue weighted by Gasteiger charge is 1.44. The van der Waals surface area contributed by atoms with Gasteiger partial charge in [0.2, 0.25) is 6.93 Å². The summed E-state index contributed by atoms with van der Waals surface area (Å²) < 4.78 is 29.5. The van der Waals surface area contributed by atoms with Crippen LogP contribution in [0, 0.1) is 0 Å². The molecule has 0 heterocycles. The highest BCUT2D eigenvalue weighted by atomic mass is 19.3. The Morgan fingerprint density at radius 3 is 1.14 bits per heavy atom. The van der Waals surface area contributed by atoms with Gasteiger partial charge in [0.25, 0.3) is 0 Å². The van der Waals surface area contributed by atoms with Gasteiger partial charge in [-0.05, 0) is 6.92 Å². The van der Waals surface area contributed by atoms with Crippen molar-refractivity contribution in [2.45, 2.75) is 6.92 Å². The first-order valence-electron chi connectivity index (χ1n) is 1.51. The van der Waals surface area contributed by atoms with Crippen LogP contribution in [0.1, 0.15) is 6.92 Å². The van der Waals surface area contributed by atoms with Gasteiger partial charge in [0.15, 0.2) is 0 Å². The van der Waals surface area contributed by atoms with Gasteiger partial charge in [-0.1, -0.05) is 0 Å². The van der Waals surface area contributed by atoms with E-state index in [1.54, 1.807) is 0 Å². The van der Waals surface area contributed by atoms with Gasteiger partial charge < -0.3 is 0 Å². The van der Waals surface area contributed by atoms with Crippen molar-refractivity contribution in [3.63, 3.8) is 0 Å². The first kappa shape index (κ1) is 15.9. The molecular weight excluding hydrogens is 112 g/mol. The van der Waals surface area contributed by atoms with Crippen LogP contribution in [0.3, 0.4) is 0 Å². The molecule has 0 bridgehead atoms. The molecular formula is C3H8F4. The van der Waals surface area contributed by atoms with Gasteiger partial charge in [-0.3, -0.25) is 9.09 Å². The van der Waals surface area contributed by atoms with Crippen LogP contribution in [0.5, 0.6) is 0 Å². The standard InChI is InChI=1S/C2H5F.CH2F2.FH/c1-2-3;2-1-3;/h2H2,1H3;1H2;1H. The Hall–Kier alpha value is -0.280. The number of hydrogen-bond donors (Lipinski definition) is 0. The molecule has 0 aliphatic heterocycles. The van der Waals surface area contributed by atoms with E-state index < -0.39 is 6.93 Å². The zero-order valence-electron chi connectivity index (χ0n) is 3.96. The largest absolute Gasteiger partial charge is 0.269 e. The summed E-state index contributed by atoms with van der Waals surface area (Å²) in [6.07, 6.45) is 0. The molecule has 0 radical (unpaired) electrons. The quantitative estimate of drug-likeness (QED) is 0.429. The molecule has 4 heteroatoms. The van der Waals surface area contributed by atoms with Crippen LogP contribution in [0.15, 0.2) is 0 Å². The summed E-state index contributed by atoms with van der Waals surface area (Å²) in [4.78, 5) is 0. The van der Waals surface area contributed by atoms with Crippen LogP contribution >= 0.6 is 0 Å². The molecule has 0 aliphatic carbocycles. The van der Waals surface area contributed by atoms with Gasteiger partial charge in [-0.15, -0.1) is 0 Å². The summed E-state index contributed by atoms with van der Waals surface area (Å²) in [5.74, 6) is 0. The Kier molecular flexibility index (Phi) is 97.8. The maximum atomic E-state index is 10.3. The summed E-state index contributed by atoms with van der Waals surface area (Å²) >= 11 is 0. The molecule has 0 spiro atoms. The molecule has 0 unspecified atom stereocenters. The first-order valence-corrected chi connectivity index (χ1v) is 1.51. The van der Waals surface area contributed by atoms with E-state index in [0.717, 1.165) is 0 Å². The lowest BCUT2D eigenvalue weighted by molar-refractivity contribution is 0.295. The topological polar surface area (TPSA) is 0 Å². The average molecular weight is 120 g/mol. The van der Waals surface area contributed by atoms with Gasteiger partial charge in [0.1, 0.15) is 0 Å². The van der Waals surface area contributed by atoms with E-state index in [9.17, 15) is 13.2 Å². The first-order chi connectivity index (χ1) is 2.83. The molecule has 0 fully saturated rings. The van der Waals surface area contributed by atoms with E-state index in [2.05, 4.69) is 0 Å². The molecule has 48 valence electrons. The third-order valence-corrected chi connectivity index (χ3v) is 0. The molecule has 0 aliphatic rings. The zero-order chi connectivity index (χ0) is 5.41. The van der Waals surface area contributed by atoms with Crippen molar-refractivity contribution in [2.24, 2.45) is 0 Å². The van der Waals surface area contributed by atoms with E-state index >= 15 is 0 Å². The van der Waals surface area contributed by atoms with Crippen LogP contribution in [-0.2, 0) is 0 Å². The normalized spacial score (nSPS) is 5.14. The van der Waals surface area contributed by atoms with E-state index in [1.807, 2.05) is 0 Å². The van der Waals surface area contributed by atoms with Gasteiger partial charge >= 0.3 is 0 Å². The van der Waals surface area contributed by atoms with Gasteiger partial charge in [0, 0.05) is 0 Å². The highest BCUT2D eigenvalue weighted by molar-refractivity contribution is 3.86. The molecule has 7 heavy (non-hydrogen) atoms. The fraction of sp³-hybridized carbons (Fsp3) is 1.00. The highest BCUT2D eigenvalue weighted by Crippen LogP contribution is 1.56. The SMILES string of the molecule is CCF.F.FCF. The van der Waals surface area contributed by atoms with E-state index in [0.29, 0.717) is 0 Å². The minimum absolute atomic E-state index is 0. The van der Waals surface area contributed by atoms with Crippen LogP contribution in [0.4, 0.5) is 17.9 Å². The summed E-state index contributed by atoms with van der Waals surface area (Å²) in [5, 5.41) is 0. The molecule has 0 rings (SSSR count). The van der Waals surface area contributed by atoms with Crippen molar-refractivity contribution in [3.8, 4) is 0 Å². The Labute approximate surface area is 39.7 Å². The van der Waals surface area contributed by atoms with Crippen LogP contribution in [-0.4, -0.2) is 13.6 Å². The van der Waals surface area contributed by atoms with Gasteiger partial charge in [-0.2, -0.15) is 0 Å². The Morgan fingerprint density at radius 2 is 1.14 bits per heavy atom.